The van der Waals surface area contributed by atoms with E-state index in [0.29, 0.717) is 11.3 Å². The zero-order valence-corrected chi connectivity index (χ0v) is 16.0. The van der Waals surface area contributed by atoms with Gasteiger partial charge in [0.2, 0.25) is 0 Å². The minimum Gasteiger partial charge on any atom is -0.320 e. The van der Waals surface area contributed by atoms with Crippen LogP contribution in [0.5, 0.6) is 0 Å². The van der Waals surface area contributed by atoms with Gasteiger partial charge in [-0.2, -0.15) is 0 Å². The van der Waals surface area contributed by atoms with Crippen LogP contribution in [0.3, 0.4) is 0 Å². The van der Waals surface area contributed by atoms with Crippen molar-refractivity contribution in [3.8, 4) is 0 Å². The highest BCUT2D eigenvalue weighted by atomic mass is 32.2. The second-order valence-electron chi connectivity index (χ2n) is 6.21. The number of rotatable bonds is 5. The van der Waals surface area contributed by atoms with E-state index in [9.17, 15) is 17.6 Å². The molecular formula is C20H18FN3O3S. The molecule has 0 saturated heterocycles. The Kier molecular flexibility index (Phi) is 5.41. The molecule has 2 N–H and O–H groups in total. The highest BCUT2D eigenvalue weighted by molar-refractivity contribution is 7.92. The number of benzene rings is 2. The number of carbonyl (C=O) groups excluding carboxylic acids is 1. The summed E-state index contributed by atoms with van der Waals surface area (Å²) in [6.45, 7) is 3.52. The van der Waals surface area contributed by atoms with Crippen molar-refractivity contribution in [1.29, 1.82) is 0 Å². The Morgan fingerprint density at radius 3 is 2.46 bits per heavy atom. The third-order valence-electron chi connectivity index (χ3n) is 4.17. The van der Waals surface area contributed by atoms with E-state index >= 15 is 0 Å². The van der Waals surface area contributed by atoms with Gasteiger partial charge < -0.3 is 5.32 Å². The fourth-order valence-electron chi connectivity index (χ4n) is 2.55. The molecule has 3 rings (SSSR count). The predicted octanol–water partition coefficient (Wildman–Crippen LogP) is 3.89. The third-order valence-corrected chi connectivity index (χ3v) is 5.53. The monoisotopic (exact) mass is 399 g/mol. The first-order chi connectivity index (χ1) is 13.3. The van der Waals surface area contributed by atoms with E-state index in [1.165, 1.54) is 42.6 Å². The molecule has 144 valence electrons. The first kappa shape index (κ1) is 19.5. The van der Waals surface area contributed by atoms with Crippen molar-refractivity contribution in [2.45, 2.75) is 18.7 Å². The van der Waals surface area contributed by atoms with Gasteiger partial charge in [-0.15, -0.1) is 0 Å². The molecule has 0 aliphatic rings. The maximum Gasteiger partial charge on any atom is 0.262 e. The average molecular weight is 399 g/mol. The number of hydrogen-bond donors (Lipinski definition) is 2. The van der Waals surface area contributed by atoms with Crippen molar-refractivity contribution in [3.05, 3.63) is 83.4 Å². The molecule has 0 unspecified atom stereocenters. The Morgan fingerprint density at radius 2 is 1.75 bits per heavy atom. The summed E-state index contributed by atoms with van der Waals surface area (Å²) in [4.78, 5) is 16.5. The molecule has 3 aromatic rings. The smallest absolute Gasteiger partial charge is 0.262 e. The average Bonchev–Trinajstić information content (AvgIpc) is 2.65. The molecule has 0 atom stereocenters. The van der Waals surface area contributed by atoms with Gasteiger partial charge >= 0.3 is 0 Å². The number of aromatic nitrogens is 1. The van der Waals surface area contributed by atoms with Crippen LogP contribution in [0.2, 0.25) is 0 Å². The summed E-state index contributed by atoms with van der Waals surface area (Å²) in [5.41, 5.74) is 1.99. The maximum absolute atomic E-state index is 13.8. The Bertz CT molecular complexity index is 1150. The van der Waals surface area contributed by atoms with Crippen LogP contribution in [0.4, 0.5) is 15.8 Å². The van der Waals surface area contributed by atoms with Crippen LogP contribution in [0.15, 0.2) is 65.8 Å². The topological polar surface area (TPSA) is 88.2 Å². The van der Waals surface area contributed by atoms with E-state index < -0.39 is 21.7 Å². The molecule has 1 heterocycles. The molecule has 0 saturated carbocycles. The lowest BCUT2D eigenvalue weighted by Gasteiger charge is -2.13. The Balaban J connectivity index is 1.91. The molecule has 0 bridgehead atoms. The summed E-state index contributed by atoms with van der Waals surface area (Å²) in [6, 6.07) is 11.4. The number of nitrogens with one attached hydrogen (secondary N) is 2. The standard InChI is InChI=1S/C20H18FN3O3S/c1-13-7-8-15(28(26,27)24-18-6-4-3-5-17(18)21)11-16(13)20(25)23-19-12-22-10-9-14(19)2/h3-12,24H,1-2H3,(H,23,25). The maximum atomic E-state index is 13.8. The van der Waals surface area contributed by atoms with Gasteiger partial charge in [0.1, 0.15) is 5.82 Å². The highest BCUT2D eigenvalue weighted by Crippen LogP contribution is 2.22. The van der Waals surface area contributed by atoms with Gasteiger partial charge in [0.05, 0.1) is 22.5 Å². The van der Waals surface area contributed by atoms with E-state index in [0.717, 1.165) is 11.6 Å². The van der Waals surface area contributed by atoms with Crippen LogP contribution in [0.25, 0.3) is 0 Å². The summed E-state index contributed by atoms with van der Waals surface area (Å²) >= 11 is 0. The van der Waals surface area contributed by atoms with Gasteiger partial charge in [0, 0.05) is 11.8 Å². The summed E-state index contributed by atoms with van der Waals surface area (Å²) < 4.78 is 41.3. The van der Waals surface area contributed by atoms with Gasteiger partial charge in [-0.05, 0) is 55.3 Å². The van der Waals surface area contributed by atoms with Crippen LogP contribution in [-0.4, -0.2) is 19.3 Å². The number of sulfonamides is 1. The lowest BCUT2D eigenvalue weighted by atomic mass is 10.1. The first-order valence-electron chi connectivity index (χ1n) is 8.38. The molecule has 0 radical (unpaired) electrons. The number of carbonyl (C=O) groups is 1. The number of amides is 1. The zero-order valence-electron chi connectivity index (χ0n) is 15.2. The van der Waals surface area contributed by atoms with Crippen molar-refractivity contribution in [1.82, 2.24) is 4.98 Å². The number of para-hydroxylation sites is 1. The number of nitrogens with zero attached hydrogens (tertiary/aromatic N) is 1. The summed E-state index contributed by atoms with van der Waals surface area (Å²) in [7, 11) is -4.07. The molecule has 0 aliphatic heterocycles. The molecule has 0 aliphatic carbocycles. The molecule has 2 aromatic carbocycles. The van der Waals surface area contributed by atoms with E-state index in [1.807, 2.05) is 6.92 Å². The molecule has 1 aromatic heterocycles. The second-order valence-corrected chi connectivity index (χ2v) is 7.89. The number of aryl methyl sites for hydroxylation is 2. The molecular weight excluding hydrogens is 381 g/mol. The van der Waals surface area contributed by atoms with E-state index in [2.05, 4.69) is 15.0 Å². The van der Waals surface area contributed by atoms with Crippen LogP contribution >= 0.6 is 0 Å². The Morgan fingerprint density at radius 1 is 1.00 bits per heavy atom. The number of halogens is 1. The molecule has 8 heteroatoms. The third kappa shape index (κ3) is 4.17. The molecule has 6 nitrogen and oxygen atoms in total. The SMILES string of the molecule is Cc1ccncc1NC(=O)c1cc(S(=O)(=O)Nc2ccccc2F)ccc1C. The van der Waals surface area contributed by atoms with Crippen molar-refractivity contribution >= 4 is 27.3 Å². The minimum atomic E-state index is -4.07. The Hall–Kier alpha value is -3.26. The van der Waals surface area contributed by atoms with Crippen molar-refractivity contribution in [3.63, 3.8) is 0 Å². The van der Waals surface area contributed by atoms with Gasteiger partial charge in [0.25, 0.3) is 15.9 Å². The van der Waals surface area contributed by atoms with Gasteiger partial charge in [-0.3, -0.25) is 14.5 Å². The fourth-order valence-corrected chi connectivity index (χ4v) is 3.64. The quantitative estimate of drug-likeness (QED) is 0.681. The number of anilines is 2. The van der Waals surface area contributed by atoms with Crippen LogP contribution < -0.4 is 10.0 Å². The first-order valence-corrected chi connectivity index (χ1v) is 9.86. The van der Waals surface area contributed by atoms with Crippen molar-refractivity contribution in [2.75, 3.05) is 10.0 Å². The van der Waals surface area contributed by atoms with E-state index in [4.69, 9.17) is 0 Å². The highest BCUT2D eigenvalue weighted by Gasteiger charge is 2.20. The fraction of sp³-hybridized carbons (Fsp3) is 0.100. The predicted molar refractivity (Wildman–Crippen MR) is 105 cm³/mol. The largest absolute Gasteiger partial charge is 0.320 e. The Labute approximate surface area is 162 Å². The molecule has 28 heavy (non-hydrogen) atoms. The summed E-state index contributed by atoms with van der Waals surface area (Å²) in [5, 5.41) is 2.73. The van der Waals surface area contributed by atoms with Gasteiger partial charge in [-0.25, -0.2) is 12.8 Å². The summed E-state index contributed by atoms with van der Waals surface area (Å²) in [6.07, 6.45) is 3.13. The lowest BCUT2D eigenvalue weighted by Crippen LogP contribution is -2.18. The van der Waals surface area contributed by atoms with E-state index in [1.54, 1.807) is 19.2 Å². The van der Waals surface area contributed by atoms with Crippen LogP contribution in [-0.2, 0) is 10.0 Å². The van der Waals surface area contributed by atoms with Crippen molar-refractivity contribution in [2.24, 2.45) is 0 Å². The van der Waals surface area contributed by atoms with E-state index in [-0.39, 0.29) is 16.1 Å². The minimum absolute atomic E-state index is 0.144. The number of pyridine rings is 1. The second kappa shape index (κ2) is 7.77. The number of hydrogen-bond acceptors (Lipinski definition) is 4. The normalized spacial score (nSPS) is 11.1. The van der Waals surface area contributed by atoms with Crippen LogP contribution in [0, 0.1) is 19.7 Å². The molecule has 1 amide bonds. The van der Waals surface area contributed by atoms with Gasteiger partial charge in [0.15, 0.2) is 0 Å². The molecule has 0 spiro atoms. The summed E-state index contributed by atoms with van der Waals surface area (Å²) in [5.74, 6) is -1.15. The zero-order chi connectivity index (χ0) is 20.3. The van der Waals surface area contributed by atoms with Crippen molar-refractivity contribution < 1.29 is 17.6 Å². The lowest BCUT2D eigenvalue weighted by molar-refractivity contribution is 0.102. The molecule has 0 fully saturated rings. The van der Waals surface area contributed by atoms with Gasteiger partial charge in [-0.1, -0.05) is 18.2 Å². The van der Waals surface area contributed by atoms with Crippen LogP contribution in [0.1, 0.15) is 21.5 Å².